The van der Waals surface area contributed by atoms with Crippen LogP contribution in [0.3, 0.4) is 0 Å². The van der Waals surface area contributed by atoms with Crippen molar-refractivity contribution in [1.82, 2.24) is 20.2 Å². The third-order valence-corrected chi connectivity index (χ3v) is 3.07. The van der Waals surface area contributed by atoms with E-state index in [-0.39, 0.29) is 5.91 Å². The summed E-state index contributed by atoms with van der Waals surface area (Å²) in [7, 11) is 1.85. The van der Waals surface area contributed by atoms with Crippen molar-refractivity contribution in [1.29, 1.82) is 0 Å². The van der Waals surface area contributed by atoms with Crippen LogP contribution in [0.5, 0.6) is 0 Å². The van der Waals surface area contributed by atoms with Crippen molar-refractivity contribution in [2.45, 2.75) is 12.8 Å². The Balaban J connectivity index is 1.87. The van der Waals surface area contributed by atoms with Crippen LogP contribution < -0.4 is 5.32 Å². The number of nitrogens with zero attached hydrogens (tertiary/aromatic N) is 2. The quantitative estimate of drug-likeness (QED) is 0.782. The van der Waals surface area contributed by atoms with Gasteiger partial charge in [-0.2, -0.15) is 0 Å². The Morgan fingerprint density at radius 1 is 1.56 bits per heavy atom. The molecule has 0 aromatic carbocycles. The van der Waals surface area contributed by atoms with E-state index in [2.05, 4.69) is 15.3 Å². The lowest BCUT2D eigenvalue weighted by molar-refractivity contribution is 0.0757. The molecule has 1 aliphatic heterocycles. The molecule has 1 aromatic heterocycles. The summed E-state index contributed by atoms with van der Waals surface area (Å²) in [6, 6.07) is 0. The van der Waals surface area contributed by atoms with Crippen LogP contribution in [0.25, 0.3) is 0 Å². The molecule has 0 spiro atoms. The molecule has 5 nitrogen and oxygen atoms in total. The number of hydrogen-bond acceptors (Lipinski definition) is 3. The van der Waals surface area contributed by atoms with Gasteiger partial charge in [0.2, 0.25) is 0 Å². The smallest absolute Gasteiger partial charge is 0.271 e. The number of aromatic nitrogens is 2. The zero-order chi connectivity index (χ0) is 11.4. The summed E-state index contributed by atoms with van der Waals surface area (Å²) in [6.07, 6.45) is 5.41. The molecule has 2 N–H and O–H groups in total. The Bertz CT molecular complexity index is 330. The topological polar surface area (TPSA) is 61.0 Å². The molecule has 1 amide bonds. The minimum absolute atomic E-state index is 0.0241. The SMILES string of the molecule is CN(CC1CCNCC1)C(=O)c1cnc[nH]1. The van der Waals surface area contributed by atoms with Gasteiger partial charge in [0.15, 0.2) is 0 Å². The molecular formula is C11H18N4O. The number of hydrogen-bond donors (Lipinski definition) is 2. The van der Waals surface area contributed by atoms with Gasteiger partial charge in [0, 0.05) is 13.6 Å². The van der Waals surface area contributed by atoms with Crippen LogP contribution in [-0.2, 0) is 0 Å². The van der Waals surface area contributed by atoms with Crippen LogP contribution in [0.4, 0.5) is 0 Å². The van der Waals surface area contributed by atoms with Crippen LogP contribution in [-0.4, -0.2) is 47.5 Å². The van der Waals surface area contributed by atoms with Crippen LogP contribution in [0, 0.1) is 5.92 Å². The highest BCUT2D eigenvalue weighted by atomic mass is 16.2. The van der Waals surface area contributed by atoms with Gasteiger partial charge in [-0.05, 0) is 31.8 Å². The molecule has 0 saturated carbocycles. The summed E-state index contributed by atoms with van der Waals surface area (Å²) in [5.41, 5.74) is 0.566. The Morgan fingerprint density at radius 3 is 2.94 bits per heavy atom. The fourth-order valence-electron chi connectivity index (χ4n) is 2.11. The van der Waals surface area contributed by atoms with E-state index in [0.29, 0.717) is 11.6 Å². The van der Waals surface area contributed by atoms with Gasteiger partial charge in [-0.3, -0.25) is 4.79 Å². The van der Waals surface area contributed by atoms with Crippen molar-refractivity contribution < 1.29 is 4.79 Å². The van der Waals surface area contributed by atoms with E-state index in [1.165, 1.54) is 6.33 Å². The van der Waals surface area contributed by atoms with Gasteiger partial charge < -0.3 is 15.2 Å². The van der Waals surface area contributed by atoms with Crippen molar-refractivity contribution in [3.05, 3.63) is 18.2 Å². The second kappa shape index (κ2) is 5.12. The Labute approximate surface area is 95.2 Å². The molecule has 0 atom stereocenters. The minimum atomic E-state index is 0.0241. The fraction of sp³-hybridized carbons (Fsp3) is 0.636. The van der Waals surface area contributed by atoms with Crippen molar-refractivity contribution in [3.63, 3.8) is 0 Å². The molecule has 1 saturated heterocycles. The molecule has 2 heterocycles. The van der Waals surface area contributed by atoms with Crippen molar-refractivity contribution >= 4 is 5.91 Å². The Morgan fingerprint density at radius 2 is 2.31 bits per heavy atom. The highest BCUT2D eigenvalue weighted by molar-refractivity contribution is 5.91. The average molecular weight is 222 g/mol. The highest BCUT2D eigenvalue weighted by Gasteiger charge is 2.19. The third kappa shape index (κ3) is 2.61. The predicted molar refractivity (Wildman–Crippen MR) is 61.1 cm³/mol. The number of aromatic amines is 1. The van der Waals surface area contributed by atoms with Crippen molar-refractivity contribution in [2.24, 2.45) is 5.92 Å². The molecule has 5 heteroatoms. The van der Waals surface area contributed by atoms with Crippen LogP contribution in [0.15, 0.2) is 12.5 Å². The summed E-state index contributed by atoms with van der Waals surface area (Å²) in [5.74, 6) is 0.647. The van der Waals surface area contributed by atoms with E-state index in [1.54, 1.807) is 11.1 Å². The molecule has 0 aliphatic carbocycles. The zero-order valence-electron chi connectivity index (χ0n) is 9.57. The largest absolute Gasteiger partial charge is 0.341 e. The predicted octanol–water partition coefficient (Wildman–Crippen LogP) is 0.481. The second-order valence-electron chi connectivity index (χ2n) is 4.34. The molecular weight excluding hydrogens is 204 g/mol. The van der Waals surface area contributed by atoms with Gasteiger partial charge in [-0.1, -0.05) is 0 Å². The normalized spacial score (nSPS) is 17.3. The van der Waals surface area contributed by atoms with E-state index in [9.17, 15) is 4.79 Å². The molecule has 0 radical (unpaired) electrons. The number of carbonyl (C=O) groups excluding carboxylic acids is 1. The second-order valence-corrected chi connectivity index (χ2v) is 4.34. The lowest BCUT2D eigenvalue weighted by atomic mass is 9.97. The standard InChI is InChI=1S/C11H18N4O/c1-15(7-9-2-4-12-5-3-9)11(16)10-6-13-8-14-10/h6,8-9,12H,2-5,7H2,1H3,(H,13,14). The minimum Gasteiger partial charge on any atom is -0.341 e. The number of rotatable bonds is 3. The molecule has 2 rings (SSSR count). The first-order valence-electron chi connectivity index (χ1n) is 5.72. The van der Waals surface area contributed by atoms with E-state index in [4.69, 9.17) is 0 Å². The Kier molecular flexibility index (Phi) is 3.56. The van der Waals surface area contributed by atoms with Gasteiger partial charge >= 0.3 is 0 Å². The number of carbonyl (C=O) groups is 1. The summed E-state index contributed by atoms with van der Waals surface area (Å²) in [6.45, 7) is 2.97. The van der Waals surface area contributed by atoms with Crippen LogP contribution in [0.2, 0.25) is 0 Å². The first-order chi connectivity index (χ1) is 7.77. The lowest BCUT2D eigenvalue weighted by Crippen LogP contribution is -2.37. The molecule has 88 valence electrons. The average Bonchev–Trinajstić information content (AvgIpc) is 2.83. The van der Waals surface area contributed by atoms with Crippen LogP contribution >= 0.6 is 0 Å². The van der Waals surface area contributed by atoms with Gasteiger partial charge in [-0.25, -0.2) is 4.98 Å². The number of amides is 1. The highest BCUT2D eigenvalue weighted by Crippen LogP contribution is 2.13. The number of imidazole rings is 1. The van der Waals surface area contributed by atoms with Gasteiger partial charge in [0.05, 0.1) is 12.5 Å². The lowest BCUT2D eigenvalue weighted by Gasteiger charge is -2.27. The first kappa shape index (κ1) is 11.1. The number of H-pyrrole nitrogens is 1. The summed E-state index contributed by atoms with van der Waals surface area (Å²) >= 11 is 0. The third-order valence-electron chi connectivity index (χ3n) is 3.07. The van der Waals surface area contributed by atoms with Crippen LogP contribution in [0.1, 0.15) is 23.3 Å². The maximum atomic E-state index is 11.9. The molecule has 16 heavy (non-hydrogen) atoms. The molecule has 1 aromatic rings. The molecule has 1 fully saturated rings. The molecule has 1 aliphatic rings. The maximum absolute atomic E-state index is 11.9. The van der Waals surface area contributed by atoms with E-state index >= 15 is 0 Å². The fourth-order valence-corrected chi connectivity index (χ4v) is 2.11. The van der Waals surface area contributed by atoms with E-state index in [1.807, 2.05) is 7.05 Å². The summed E-state index contributed by atoms with van der Waals surface area (Å²) in [4.78, 5) is 20.4. The Hall–Kier alpha value is -1.36. The van der Waals surface area contributed by atoms with Crippen molar-refractivity contribution in [3.8, 4) is 0 Å². The molecule has 0 bridgehead atoms. The number of piperidine rings is 1. The van der Waals surface area contributed by atoms with Gasteiger partial charge in [0.25, 0.3) is 5.91 Å². The summed E-state index contributed by atoms with van der Waals surface area (Å²) in [5, 5.41) is 3.33. The van der Waals surface area contributed by atoms with Gasteiger partial charge in [0.1, 0.15) is 5.69 Å². The first-order valence-corrected chi connectivity index (χ1v) is 5.72. The monoisotopic (exact) mass is 222 g/mol. The van der Waals surface area contributed by atoms with E-state index in [0.717, 1.165) is 32.5 Å². The van der Waals surface area contributed by atoms with Gasteiger partial charge in [-0.15, -0.1) is 0 Å². The summed E-state index contributed by atoms with van der Waals surface area (Å²) < 4.78 is 0. The van der Waals surface area contributed by atoms with Crippen molar-refractivity contribution in [2.75, 3.05) is 26.7 Å². The number of nitrogens with one attached hydrogen (secondary N) is 2. The zero-order valence-corrected chi connectivity index (χ0v) is 9.57. The van der Waals surface area contributed by atoms with E-state index < -0.39 is 0 Å². The maximum Gasteiger partial charge on any atom is 0.271 e. The molecule has 0 unspecified atom stereocenters.